The molecule has 3 nitrogen and oxygen atoms in total. The zero-order valence-corrected chi connectivity index (χ0v) is 14.0. The predicted octanol–water partition coefficient (Wildman–Crippen LogP) is 4.46. The third kappa shape index (κ3) is 2.68. The summed E-state index contributed by atoms with van der Waals surface area (Å²) in [5.41, 5.74) is 1.84. The molecule has 3 rings (SSSR count). The second-order valence-electron chi connectivity index (χ2n) is 5.98. The van der Waals surface area contributed by atoms with Gasteiger partial charge in [-0.25, -0.2) is 4.98 Å². The van der Waals surface area contributed by atoms with Crippen LogP contribution in [0, 0.1) is 6.92 Å². The van der Waals surface area contributed by atoms with E-state index >= 15 is 0 Å². The summed E-state index contributed by atoms with van der Waals surface area (Å²) in [5.74, 6) is 0.104. The number of aryl methyl sites for hydroxylation is 2. The van der Waals surface area contributed by atoms with Gasteiger partial charge in [0.2, 0.25) is 5.91 Å². The quantitative estimate of drug-likeness (QED) is 0.905. The lowest BCUT2D eigenvalue weighted by Crippen LogP contribution is -2.37. The zero-order valence-electron chi connectivity index (χ0n) is 13.2. The van der Waals surface area contributed by atoms with E-state index in [1.165, 1.54) is 4.88 Å². The molecule has 0 spiro atoms. The fourth-order valence-corrected chi connectivity index (χ4v) is 4.31. The molecule has 1 aliphatic rings. The highest BCUT2D eigenvalue weighted by Crippen LogP contribution is 2.42. The maximum atomic E-state index is 13.0. The maximum Gasteiger partial charge on any atom is 0.236 e. The van der Waals surface area contributed by atoms with Gasteiger partial charge in [-0.05, 0) is 31.7 Å². The van der Waals surface area contributed by atoms with Crippen LogP contribution in [0.4, 0.5) is 5.13 Å². The molecule has 0 aliphatic heterocycles. The van der Waals surface area contributed by atoms with E-state index in [0.29, 0.717) is 0 Å². The van der Waals surface area contributed by atoms with Crippen molar-refractivity contribution in [3.8, 4) is 0 Å². The van der Waals surface area contributed by atoms with Crippen LogP contribution in [0.1, 0.15) is 48.7 Å². The highest BCUT2D eigenvalue weighted by Gasteiger charge is 2.42. The average molecular weight is 314 g/mol. The number of amides is 1. The molecule has 0 radical (unpaired) electrons. The number of benzene rings is 1. The fraction of sp³-hybridized carbons (Fsp3) is 0.444. The molecule has 1 N–H and O–H groups in total. The Morgan fingerprint density at radius 2 is 1.95 bits per heavy atom. The number of thiazole rings is 1. The van der Waals surface area contributed by atoms with Crippen molar-refractivity contribution in [2.45, 2.75) is 51.4 Å². The van der Waals surface area contributed by atoms with Gasteiger partial charge in [0.1, 0.15) is 0 Å². The second-order valence-corrected chi connectivity index (χ2v) is 7.19. The number of carbonyl (C=O) groups is 1. The number of anilines is 1. The Kier molecular flexibility index (Phi) is 4.30. The molecule has 1 fully saturated rings. The monoisotopic (exact) mass is 314 g/mol. The molecular formula is C18H22N2OS. The van der Waals surface area contributed by atoms with E-state index in [2.05, 4.69) is 36.3 Å². The van der Waals surface area contributed by atoms with Crippen LogP contribution in [-0.2, 0) is 16.6 Å². The molecule has 0 bridgehead atoms. The van der Waals surface area contributed by atoms with E-state index < -0.39 is 0 Å². The molecule has 2 aromatic rings. The Morgan fingerprint density at radius 3 is 2.55 bits per heavy atom. The average Bonchev–Trinajstić information content (AvgIpc) is 3.15. The van der Waals surface area contributed by atoms with E-state index in [1.54, 1.807) is 11.3 Å². The zero-order chi connectivity index (χ0) is 15.6. The van der Waals surface area contributed by atoms with Crippen LogP contribution in [0.25, 0.3) is 0 Å². The van der Waals surface area contributed by atoms with E-state index in [9.17, 15) is 4.79 Å². The molecule has 1 amide bonds. The van der Waals surface area contributed by atoms with Crippen molar-refractivity contribution in [1.29, 1.82) is 0 Å². The van der Waals surface area contributed by atoms with Crippen molar-refractivity contribution in [2.24, 2.45) is 0 Å². The molecular weight excluding hydrogens is 292 g/mol. The van der Waals surface area contributed by atoms with Gasteiger partial charge in [0, 0.05) is 4.88 Å². The van der Waals surface area contributed by atoms with E-state index in [0.717, 1.165) is 48.5 Å². The molecule has 1 heterocycles. The molecule has 22 heavy (non-hydrogen) atoms. The minimum Gasteiger partial charge on any atom is -0.301 e. The molecule has 0 atom stereocenters. The van der Waals surface area contributed by atoms with Crippen molar-refractivity contribution in [2.75, 3.05) is 5.32 Å². The first-order chi connectivity index (χ1) is 10.7. The number of nitrogens with one attached hydrogen (secondary N) is 1. The standard InChI is InChI=1S/C18H22N2OS/c1-3-15-13(2)22-17(19-15)20-16(21)18(11-7-8-12-18)14-9-5-4-6-10-14/h4-6,9-10H,3,7-8,11-12H2,1-2H3,(H,19,20,21). The van der Waals surface area contributed by atoms with Crippen LogP contribution in [-0.4, -0.2) is 10.9 Å². The summed E-state index contributed by atoms with van der Waals surface area (Å²) in [6.07, 6.45) is 4.97. The van der Waals surface area contributed by atoms with Gasteiger partial charge in [0.25, 0.3) is 0 Å². The highest BCUT2D eigenvalue weighted by atomic mass is 32.1. The van der Waals surface area contributed by atoms with Crippen LogP contribution in [0.5, 0.6) is 0 Å². The molecule has 116 valence electrons. The Bertz CT molecular complexity index is 657. The molecule has 1 saturated carbocycles. The maximum absolute atomic E-state index is 13.0. The molecule has 1 aliphatic carbocycles. The lowest BCUT2D eigenvalue weighted by molar-refractivity contribution is -0.121. The van der Waals surface area contributed by atoms with Crippen LogP contribution in [0.2, 0.25) is 0 Å². The van der Waals surface area contributed by atoms with Gasteiger partial charge in [-0.1, -0.05) is 50.1 Å². The summed E-state index contributed by atoms with van der Waals surface area (Å²) in [7, 11) is 0. The van der Waals surface area contributed by atoms with Crippen LogP contribution < -0.4 is 5.32 Å². The molecule has 0 unspecified atom stereocenters. The number of aromatic nitrogens is 1. The first-order valence-corrected chi connectivity index (χ1v) is 8.80. The lowest BCUT2D eigenvalue weighted by atomic mass is 9.78. The summed E-state index contributed by atoms with van der Waals surface area (Å²) in [6, 6.07) is 10.2. The summed E-state index contributed by atoms with van der Waals surface area (Å²) in [4.78, 5) is 18.7. The van der Waals surface area contributed by atoms with Crippen molar-refractivity contribution in [1.82, 2.24) is 4.98 Å². The van der Waals surface area contributed by atoms with Gasteiger partial charge in [0.05, 0.1) is 11.1 Å². The van der Waals surface area contributed by atoms with Gasteiger partial charge >= 0.3 is 0 Å². The Balaban J connectivity index is 1.87. The summed E-state index contributed by atoms with van der Waals surface area (Å²) < 4.78 is 0. The van der Waals surface area contributed by atoms with Gasteiger partial charge < -0.3 is 5.32 Å². The van der Waals surface area contributed by atoms with Crippen LogP contribution in [0.3, 0.4) is 0 Å². The number of rotatable bonds is 4. The number of hydrogen-bond donors (Lipinski definition) is 1. The minimum absolute atomic E-state index is 0.104. The Labute approximate surface area is 135 Å². The van der Waals surface area contributed by atoms with Gasteiger partial charge in [-0.2, -0.15) is 0 Å². The van der Waals surface area contributed by atoms with Crippen molar-refractivity contribution in [3.05, 3.63) is 46.5 Å². The minimum atomic E-state index is -0.382. The summed E-state index contributed by atoms with van der Waals surface area (Å²) in [6.45, 7) is 4.16. The highest BCUT2D eigenvalue weighted by molar-refractivity contribution is 7.15. The second kappa shape index (κ2) is 6.21. The van der Waals surface area contributed by atoms with Gasteiger partial charge in [0.15, 0.2) is 5.13 Å². The van der Waals surface area contributed by atoms with E-state index in [4.69, 9.17) is 0 Å². The molecule has 0 saturated heterocycles. The van der Waals surface area contributed by atoms with Gasteiger partial charge in [-0.3, -0.25) is 4.79 Å². The smallest absolute Gasteiger partial charge is 0.236 e. The number of nitrogens with zero attached hydrogens (tertiary/aromatic N) is 1. The number of hydrogen-bond acceptors (Lipinski definition) is 3. The third-order valence-electron chi connectivity index (χ3n) is 4.67. The van der Waals surface area contributed by atoms with E-state index in [1.807, 2.05) is 18.2 Å². The predicted molar refractivity (Wildman–Crippen MR) is 91.4 cm³/mol. The normalized spacial score (nSPS) is 16.6. The van der Waals surface area contributed by atoms with Crippen LogP contribution in [0.15, 0.2) is 30.3 Å². The third-order valence-corrected chi connectivity index (χ3v) is 5.59. The van der Waals surface area contributed by atoms with Crippen molar-refractivity contribution in [3.63, 3.8) is 0 Å². The Morgan fingerprint density at radius 1 is 1.27 bits per heavy atom. The lowest BCUT2D eigenvalue weighted by Gasteiger charge is -2.27. The first-order valence-electron chi connectivity index (χ1n) is 7.99. The number of carbonyl (C=O) groups excluding carboxylic acids is 1. The molecule has 1 aromatic carbocycles. The topological polar surface area (TPSA) is 42.0 Å². The van der Waals surface area contributed by atoms with E-state index in [-0.39, 0.29) is 11.3 Å². The molecule has 1 aromatic heterocycles. The fourth-order valence-electron chi connectivity index (χ4n) is 3.41. The SMILES string of the molecule is CCc1nc(NC(=O)C2(c3ccccc3)CCCC2)sc1C. The molecule has 4 heteroatoms. The first kappa shape index (κ1) is 15.2. The summed E-state index contributed by atoms with van der Waals surface area (Å²) >= 11 is 1.58. The van der Waals surface area contributed by atoms with Gasteiger partial charge in [-0.15, -0.1) is 11.3 Å². The van der Waals surface area contributed by atoms with Crippen molar-refractivity contribution >= 4 is 22.4 Å². The largest absolute Gasteiger partial charge is 0.301 e. The van der Waals surface area contributed by atoms with Crippen molar-refractivity contribution < 1.29 is 4.79 Å². The Hall–Kier alpha value is -1.68. The van der Waals surface area contributed by atoms with Crippen LogP contribution >= 0.6 is 11.3 Å². The summed E-state index contributed by atoms with van der Waals surface area (Å²) in [5, 5.41) is 3.82.